The van der Waals surface area contributed by atoms with Crippen molar-refractivity contribution < 1.29 is 33.0 Å². The fraction of sp³-hybridized carbons (Fsp3) is 0.267. The largest absolute Gasteiger partial charge is 0.476 e. The van der Waals surface area contributed by atoms with E-state index in [1.54, 1.807) is 0 Å². The molecule has 0 fully saturated rings. The summed E-state index contributed by atoms with van der Waals surface area (Å²) in [7, 11) is 0. The van der Waals surface area contributed by atoms with E-state index in [0.29, 0.717) is 5.69 Å². The van der Waals surface area contributed by atoms with Gasteiger partial charge in [0, 0.05) is 18.5 Å². The van der Waals surface area contributed by atoms with Crippen LogP contribution in [0.3, 0.4) is 0 Å². The molecular weight excluding hydrogens is 343 g/mol. The van der Waals surface area contributed by atoms with Crippen LogP contribution in [0.1, 0.15) is 27.3 Å². The summed E-state index contributed by atoms with van der Waals surface area (Å²) in [6.45, 7) is 0.0145. The molecule has 0 aliphatic carbocycles. The molecule has 0 unspecified atom stereocenters. The van der Waals surface area contributed by atoms with Crippen molar-refractivity contribution in [2.24, 2.45) is 0 Å². The predicted octanol–water partition coefficient (Wildman–Crippen LogP) is 2.63. The van der Waals surface area contributed by atoms with Crippen LogP contribution in [0.25, 0.3) is 5.69 Å². The Kier molecular flexibility index (Phi) is 3.90. The number of halogens is 3. The summed E-state index contributed by atoms with van der Waals surface area (Å²) in [5.41, 5.74) is -0.120. The molecule has 0 saturated heterocycles. The maximum absolute atomic E-state index is 12.7. The second kappa shape index (κ2) is 5.80. The molecule has 2 aromatic rings. The molecule has 7 nitrogen and oxygen atoms in total. The van der Waals surface area contributed by atoms with Gasteiger partial charge in [-0.1, -0.05) is 0 Å². The third-order valence-electron chi connectivity index (χ3n) is 3.97. The second-order valence-corrected chi connectivity index (χ2v) is 5.49. The van der Waals surface area contributed by atoms with Crippen LogP contribution in [-0.4, -0.2) is 43.5 Å². The Hall–Kier alpha value is -3.04. The zero-order chi connectivity index (χ0) is 18.4. The lowest BCUT2D eigenvalue weighted by atomic mass is 10.1. The minimum Gasteiger partial charge on any atom is -0.476 e. The summed E-state index contributed by atoms with van der Waals surface area (Å²) in [5.74, 6) is -1.32. The maximum atomic E-state index is 12.7. The van der Waals surface area contributed by atoms with Gasteiger partial charge in [0.25, 0.3) is 0 Å². The molecule has 1 aromatic heterocycles. The molecule has 0 spiro atoms. The summed E-state index contributed by atoms with van der Waals surface area (Å²) >= 11 is 0. The summed E-state index contributed by atoms with van der Waals surface area (Å²) in [6, 6.07) is 4.17. The summed E-state index contributed by atoms with van der Waals surface area (Å²) in [4.78, 5) is 23.6. The Morgan fingerprint density at radius 2 is 1.76 bits per heavy atom. The minimum atomic E-state index is -4.48. The van der Waals surface area contributed by atoms with Gasteiger partial charge >= 0.3 is 18.2 Å². The third-order valence-corrected chi connectivity index (χ3v) is 3.97. The SMILES string of the molecule is O=C(O)c1nn(-c2ccc(C(F)(F)F)cc2)c2c1CN(C(=O)O)CC2. The van der Waals surface area contributed by atoms with Gasteiger partial charge in [-0.05, 0) is 24.3 Å². The average Bonchev–Trinajstić information content (AvgIpc) is 2.93. The first kappa shape index (κ1) is 16.8. The normalized spacial score (nSPS) is 14.3. The van der Waals surface area contributed by atoms with Gasteiger partial charge in [-0.3, -0.25) is 0 Å². The minimum absolute atomic E-state index is 0.132. The Labute approximate surface area is 138 Å². The van der Waals surface area contributed by atoms with Gasteiger partial charge in [0.15, 0.2) is 5.69 Å². The number of aromatic carboxylic acids is 1. The molecule has 0 saturated carbocycles. The Bertz CT molecular complexity index is 843. The van der Waals surface area contributed by atoms with Crippen molar-refractivity contribution in [3.05, 3.63) is 46.8 Å². The van der Waals surface area contributed by atoms with Crippen molar-refractivity contribution in [3.8, 4) is 5.69 Å². The number of hydrogen-bond donors (Lipinski definition) is 2. The highest BCUT2D eigenvalue weighted by Crippen LogP contribution is 2.31. The standard InChI is InChI=1S/C15H12F3N3O4/c16-15(17,18)8-1-3-9(4-2-8)21-11-5-6-20(14(24)25)7-10(11)12(19-21)13(22)23/h1-4H,5-7H2,(H,22,23)(H,24,25). The highest BCUT2D eigenvalue weighted by Gasteiger charge is 2.32. The fourth-order valence-corrected chi connectivity index (χ4v) is 2.76. The molecule has 0 radical (unpaired) electrons. The smallest absolute Gasteiger partial charge is 0.416 e. The van der Waals surface area contributed by atoms with Crippen LogP contribution in [0.15, 0.2) is 24.3 Å². The Balaban J connectivity index is 2.05. The van der Waals surface area contributed by atoms with Crippen molar-refractivity contribution >= 4 is 12.1 Å². The Morgan fingerprint density at radius 3 is 2.28 bits per heavy atom. The molecule has 1 aliphatic heterocycles. The molecular formula is C15H12F3N3O4. The van der Waals surface area contributed by atoms with Crippen molar-refractivity contribution in [1.82, 2.24) is 14.7 Å². The van der Waals surface area contributed by atoms with E-state index in [-0.39, 0.29) is 36.5 Å². The van der Waals surface area contributed by atoms with Crippen molar-refractivity contribution in [2.75, 3.05) is 6.54 Å². The van der Waals surface area contributed by atoms with E-state index in [2.05, 4.69) is 5.10 Å². The summed E-state index contributed by atoms with van der Waals surface area (Å²) in [6.07, 6.45) is -5.44. The summed E-state index contributed by atoms with van der Waals surface area (Å²) in [5, 5.41) is 22.3. The van der Waals surface area contributed by atoms with E-state index < -0.39 is 23.8 Å². The van der Waals surface area contributed by atoms with Crippen LogP contribution < -0.4 is 0 Å². The van der Waals surface area contributed by atoms with Gasteiger partial charge in [0.1, 0.15) is 0 Å². The number of benzene rings is 1. The monoisotopic (exact) mass is 355 g/mol. The first-order chi connectivity index (χ1) is 11.7. The predicted molar refractivity (Wildman–Crippen MR) is 77.7 cm³/mol. The molecule has 0 atom stereocenters. The molecule has 2 N–H and O–H groups in total. The quantitative estimate of drug-likeness (QED) is 0.863. The molecule has 25 heavy (non-hydrogen) atoms. The van der Waals surface area contributed by atoms with Gasteiger partial charge in [0.05, 0.1) is 23.5 Å². The number of carboxylic acid groups (broad SMARTS) is 2. The zero-order valence-electron chi connectivity index (χ0n) is 12.6. The number of aromatic nitrogens is 2. The van der Waals surface area contributed by atoms with Crippen molar-refractivity contribution in [2.45, 2.75) is 19.1 Å². The average molecular weight is 355 g/mol. The van der Waals surface area contributed by atoms with Crippen LogP contribution in [0.2, 0.25) is 0 Å². The molecule has 0 bridgehead atoms. The van der Waals surface area contributed by atoms with E-state index >= 15 is 0 Å². The highest BCUT2D eigenvalue weighted by atomic mass is 19.4. The van der Waals surface area contributed by atoms with Gasteiger partial charge in [-0.25, -0.2) is 14.3 Å². The van der Waals surface area contributed by atoms with Crippen LogP contribution in [0.5, 0.6) is 0 Å². The lowest BCUT2D eigenvalue weighted by Crippen LogP contribution is -2.35. The number of hydrogen-bond acceptors (Lipinski definition) is 3. The number of fused-ring (bicyclic) bond motifs is 1. The zero-order valence-corrected chi connectivity index (χ0v) is 12.6. The van der Waals surface area contributed by atoms with E-state index in [9.17, 15) is 27.9 Å². The molecule has 1 aromatic carbocycles. The number of rotatable bonds is 2. The second-order valence-electron chi connectivity index (χ2n) is 5.49. The van der Waals surface area contributed by atoms with E-state index in [4.69, 9.17) is 5.11 Å². The van der Waals surface area contributed by atoms with Crippen LogP contribution in [0, 0.1) is 0 Å². The highest BCUT2D eigenvalue weighted by molar-refractivity contribution is 5.88. The molecule has 3 rings (SSSR count). The van der Waals surface area contributed by atoms with Crippen molar-refractivity contribution in [1.29, 1.82) is 0 Å². The van der Waals surface area contributed by atoms with E-state index in [1.807, 2.05) is 0 Å². The lowest BCUT2D eigenvalue weighted by molar-refractivity contribution is -0.137. The van der Waals surface area contributed by atoms with Crippen LogP contribution >= 0.6 is 0 Å². The maximum Gasteiger partial charge on any atom is 0.416 e. The van der Waals surface area contributed by atoms with Crippen LogP contribution in [-0.2, 0) is 19.1 Å². The molecule has 10 heteroatoms. The molecule has 1 amide bonds. The number of carbonyl (C=O) groups is 2. The van der Waals surface area contributed by atoms with E-state index in [1.165, 1.54) is 16.8 Å². The number of alkyl halides is 3. The molecule has 2 heterocycles. The topological polar surface area (TPSA) is 95.7 Å². The van der Waals surface area contributed by atoms with Gasteiger partial charge in [-0.2, -0.15) is 18.3 Å². The number of amides is 1. The fourth-order valence-electron chi connectivity index (χ4n) is 2.76. The third kappa shape index (κ3) is 3.02. The number of carboxylic acids is 1. The summed E-state index contributed by atoms with van der Waals surface area (Å²) < 4.78 is 39.3. The lowest BCUT2D eigenvalue weighted by Gasteiger charge is -2.25. The Morgan fingerprint density at radius 1 is 1.12 bits per heavy atom. The van der Waals surface area contributed by atoms with Gasteiger partial charge in [0.2, 0.25) is 0 Å². The van der Waals surface area contributed by atoms with E-state index in [0.717, 1.165) is 17.0 Å². The number of nitrogens with zero attached hydrogens (tertiary/aromatic N) is 3. The van der Waals surface area contributed by atoms with Crippen LogP contribution in [0.4, 0.5) is 18.0 Å². The molecule has 1 aliphatic rings. The first-order valence-corrected chi connectivity index (χ1v) is 7.18. The van der Waals surface area contributed by atoms with Crippen molar-refractivity contribution in [3.63, 3.8) is 0 Å². The van der Waals surface area contributed by atoms with Gasteiger partial charge in [-0.15, -0.1) is 0 Å². The molecule has 132 valence electrons. The van der Waals surface area contributed by atoms with Gasteiger partial charge < -0.3 is 15.1 Å². The first-order valence-electron chi connectivity index (χ1n) is 7.18.